The van der Waals surface area contributed by atoms with E-state index in [0.717, 1.165) is 4.47 Å². The molecule has 0 aliphatic carbocycles. The highest BCUT2D eigenvalue weighted by Gasteiger charge is 2.20. The Labute approximate surface area is 121 Å². The third-order valence-corrected chi connectivity index (χ3v) is 5.06. The van der Waals surface area contributed by atoms with Crippen LogP contribution in [0.2, 0.25) is 0 Å². The first-order valence-corrected chi connectivity index (χ1v) is 7.74. The van der Waals surface area contributed by atoms with Gasteiger partial charge in [-0.05, 0) is 48.5 Å². The summed E-state index contributed by atoms with van der Waals surface area (Å²) in [5.74, 6) is 0. The second kappa shape index (κ2) is 5.22. The smallest absolute Gasteiger partial charge is 0.264 e. The zero-order valence-corrected chi connectivity index (χ0v) is 12.6. The van der Waals surface area contributed by atoms with Gasteiger partial charge in [-0.25, -0.2) is 8.42 Å². The van der Waals surface area contributed by atoms with Gasteiger partial charge in [-0.3, -0.25) is 4.31 Å². The average Bonchev–Trinajstić information content (AvgIpc) is 2.39. The largest absolute Gasteiger partial charge is 0.399 e. The van der Waals surface area contributed by atoms with Crippen LogP contribution in [0, 0.1) is 0 Å². The number of halogens is 1. The highest BCUT2D eigenvalue weighted by Crippen LogP contribution is 2.23. The van der Waals surface area contributed by atoms with Crippen LogP contribution in [0.4, 0.5) is 11.4 Å². The Hall–Kier alpha value is -1.53. The topological polar surface area (TPSA) is 63.4 Å². The van der Waals surface area contributed by atoms with Gasteiger partial charge in [0.15, 0.2) is 0 Å². The summed E-state index contributed by atoms with van der Waals surface area (Å²) in [4.78, 5) is 0.245. The van der Waals surface area contributed by atoms with Crippen LogP contribution in [0.3, 0.4) is 0 Å². The van der Waals surface area contributed by atoms with Gasteiger partial charge < -0.3 is 5.73 Å². The lowest BCUT2D eigenvalue weighted by Gasteiger charge is -2.19. The predicted octanol–water partition coefficient (Wildman–Crippen LogP) is 2.86. The van der Waals surface area contributed by atoms with Gasteiger partial charge in [0.05, 0.1) is 10.6 Å². The molecule has 0 amide bonds. The summed E-state index contributed by atoms with van der Waals surface area (Å²) in [7, 11) is -2.03. The molecule has 2 aromatic rings. The molecular weight excluding hydrogens is 328 g/mol. The highest BCUT2D eigenvalue weighted by molar-refractivity contribution is 9.10. The minimum absolute atomic E-state index is 0.245. The van der Waals surface area contributed by atoms with Gasteiger partial charge in [0.1, 0.15) is 0 Å². The van der Waals surface area contributed by atoms with Gasteiger partial charge in [0, 0.05) is 17.2 Å². The molecule has 0 spiro atoms. The normalized spacial score (nSPS) is 11.3. The maximum Gasteiger partial charge on any atom is 0.264 e. The van der Waals surface area contributed by atoms with E-state index in [9.17, 15) is 8.42 Å². The molecule has 0 aliphatic heterocycles. The molecule has 0 radical (unpaired) electrons. The van der Waals surface area contributed by atoms with Crippen LogP contribution in [-0.2, 0) is 10.0 Å². The lowest BCUT2D eigenvalue weighted by molar-refractivity contribution is 0.594. The standard InChI is InChI=1S/C13H13BrN2O2S/c1-16(12-6-4-11(15)5-7-12)19(17,18)13-8-2-10(14)3-9-13/h2-9H,15H2,1H3. The van der Waals surface area contributed by atoms with Gasteiger partial charge in [-0.1, -0.05) is 15.9 Å². The van der Waals surface area contributed by atoms with E-state index in [-0.39, 0.29) is 4.90 Å². The lowest BCUT2D eigenvalue weighted by atomic mass is 10.3. The van der Waals surface area contributed by atoms with E-state index >= 15 is 0 Å². The Kier molecular flexibility index (Phi) is 3.82. The summed E-state index contributed by atoms with van der Waals surface area (Å²) in [5, 5.41) is 0. The molecule has 2 rings (SSSR count). The number of nitrogens with two attached hydrogens (primary N) is 1. The molecule has 19 heavy (non-hydrogen) atoms. The van der Waals surface area contributed by atoms with E-state index in [4.69, 9.17) is 5.73 Å². The Morgan fingerprint density at radius 3 is 2.05 bits per heavy atom. The van der Waals surface area contributed by atoms with Gasteiger partial charge in [-0.2, -0.15) is 0 Å². The third kappa shape index (κ3) is 2.90. The van der Waals surface area contributed by atoms with Crippen molar-refractivity contribution in [3.63, 3.8) is 0 Å². The van der Waals surface area contributed by atoms with Gasteiger partial charge in [-0.15, -0.1) is 0 Å². The van der Waals surface area contributed by atoms with E-state index < -0.39 is 10.0 Å². The van der Waals surface area contributed by atoms with Crippen LogP contribution in [0.25, 0.3) is 0 Å². The van der Waals surface area contributed by atoms with Crippen molar-refractivity contribution in [2.45, 2.75) is 4.90 Å². The van der Waals surface area contributed by atoms with Crippen LogP contribution >= 0.6 is 15.9 Å². The number of rotatable bonds is 3. The minimum Gasteiger partial charge on any atom is -0.399 e. The minimum atomic E-state index is -3.55. The van der Waals surface area contributed by atoms with E-state index in [1.807, 2.05) is 0 Å². The molecule has 0 atom stereocenters. The van der Waals surface area contributed by atoms with Crippen molar-refractivity contribution < 1.29 is 8.42 Å². The van der Waals surface area contributed by atoms with E-state index in [0.29, 0.717) is 11.4 Å². The van der Waals surface area contributed by atoms with Crippen molar-refractivity contribution in [1.29, 1.82) is 0 Å². The zero-order valence-electron chi connectivity index (χ0n) is 10.2. The van der Waals surface area contributed by atoms with E-state index in [1.165, 1.54) is 11.4 Å². The number of benzene rings is 2. The summed E-state index contributed by atoms with van der Waals surface area (Å²) >= 11 is 3.28. The molecular formula is C13H13BrN2O2S. The van der Waals surface area contributed by atoms with Crippen molar-refractivity contribution >= 4 is 37.3 Å². The molecule has 0 saturated heterocycles. The van der Waals surface area contributed by atoms with Gasteiger partial charge in [0.2, 0.25) is 0 Å². The van der Waals surface area contributed by atoms with Crippen molar-refractivity contribution in [2.75, 3.05) is 17.1 Å². The molecule has 100 valence electrons. The maximum atomic E-state index is 12.4. The summed E-state index contributed by atoms with van der Waals surface area (Å²) in [5.41, 5.74) is 6.75. The van der Waals surface area contributed by atoms with Gasteiger partial charge >= 0.3 is 0 Å². The molecule has 0 bridgehead atoms. The molecule has 6 heteroatoms. The van der Waals surface area contributed by atoms with Crippen LogP contribution in [-0.4, -0.2) is 15.5 Å². The number of anilines is 2. The number of sulfonamides is 1. The SMILES string of the molecule is CN(c1ccc(N)cc1)S(=O)(=O)c1ccc(Br)cc1. The number of nitrogens with zero attached hydrogens (tertiary/aromatic N) is 1. The van der Waals surface area contributed by atoms with Crippen molar-refractivity contribution in [2.24, 2.45) is 0 Å². The van der Waals surface area contributed by atoms with Crippen LogP contribution in [0.1, 0.15) is 0 Å². The molecule has 0 aromatic heterocycles. The zero-order chi connectivity index (χ0) is 14.0. The van der Waals surface area contributed by atoms with Gasteiger partial charge in [0.25, 0.3) is 10.0 Å². The number of nitrogen functional groups attached to an aromatic ring is 1. The lowest BCUT2D eigenvalue weighted by Crippen LogP contribution is -2.26. The second-order valence-corrected chi connectivity index (χ2v) is 6.90. The Balaban J connectivity index is 2.39. The Morgan fingerprint density at radius 2 is 1.53 bits per heavy atom. The summed E-state index contributed by atoms with van der Waals surface area (Å²) in [6.45, 7) is 0. The molecule has 0 saturated carbocycles. The molecule has 0 unspecified atom stereocenters. The molecule has 0 heterocycles. The second-order valence-electron chi connectivity index (χ2n) is 4.02. The molecule has 2 aromatic carbocycles. The quantitative estimate of drug-likeness (QED) is 0.873. The molecule has 2 N–H and O–H groups in total. The number of hydrogen-bond acceptors (Lipinski definition) is 3. The first-order chi connectivity index (χ1) is 8.91. The first-order valence-electron chi connectivity index (χ1n) is 5.51. The molecule has 0 fully saturated rings. The van der Waals surface area contributed by atoms with Crippen LogP contribution in [0.5, 0.6) is 0 Å². The van der Waals surface area contributed by atoms with Crippen molar-refractivity contribution in [3.8, 4) is 0 Å². The fourth-order valence-electron chi connectivity index (χ4n) is 1.59. The van der Waals surface area contributed by atoms with Crippen molar-refractivity contribution in [1.82, 2.24) is 0 Å². The fourth-order valence-corrected chi connectivity index (χ4v) is 3.05. The number of hydrogen-bond donors (Lipinski definition) is 1. The third-order valence-electron chi connectivity index (χ3n) is 2.73. The Morgan fingerprint density at radius 1 is 1.00 bits per heavy atom. The Bertz CT molecular complexity index is 667. The first kappa shape index (κ1) is 13.9. The summed E-state index contributed by atoms with van der Waals surface area (Å²) in [6.07, 6.45) is 0. The van der Waals surface area contributed by atoms with Crippen molar-refractivity contribution in [3.05, 3.63) is 53.0 Å². The highest BCUT2D eigenvalue weighted by atomic mass is 79.9. The molecule has 4 nitrogen and oxygen atoms in total. The predicted molar refractivity (Wildman–Crippen MR) is 80.6 cm³/mol. The maximum absolute atomic E-state index is 12.4. The average molecular weight is 341 g/mol. The summed E-state index contributed by atoms with van der Waals surface area (Å²) in [6, 6.07) is 13.2. The fraction of sp³-hybridized carbons (Fsp3) is 0.0769. The summed E-state index contributed by atoms with van der Waals surface area (Å²) < 4.78 is 26.9. The van der Waals surface area contributed by atoms with E-state index in [1.54, 1.807) is 48.5 Å². The monoisotopic (exact) mass is 340 g/mol. The van der Waals surface area contributed by atoms with Crippen LogP contribution in [0.15, 0.2) is 57.9 Å². The van der Waals surface area contributed by atoms with Crippen LogP contribution < -0.4 is 10.0 Å². The molecule has 0 aliphatic rings. The van der Waals surface area contributed by atoms with E-state index in [2.05, 4.69) is 15.9 Å².